The summed E-state index contributed by atoms with van der Waals surface area (Å²) in [4.78, 5) is 21.4. The van der Waals surface area contributed by atoms with Crippen LogP contribution in [-0.4, -0.2) is 63.5 Å². The molecule has 2 aromatic heterocycles. The number of halogens is 3. The highest BCUT2D eigenvalue weighted by Crippen LogP contribution is 2.36. The Morgan fingerprint density at radius 1 is 1.39 bits per heavy atom. The van der Waals surface area contributed by atoms with E-state index in [0.717, 1.165) is 44.8 Å². The molecule has 170 valence electrons. The molecule has 0 aliphatic carbocycles. The lowest BCUT2D eigenvalue weighted by atomic mass is 9.84. The van der Waals surface area contributed by atoms with Crippen molar-refractivity contribution in [2.45, 2.75) is 51.1 Å². The van der Waals surface area contributed by atoms with Crippen LogP contribution in [0.1, 0.15) is 29.0 Å². The smallest absolute Gasteiger partial charge is 0.475 e. The van der Waals surface area contributed by atoms with E-state index in [0.29, 0.717) is 6.01 Å². The topological polar surface area (TPSA) is 84.8 Å². The number of aromatic nitrogens is 2. The molecule has 2 fully saturated rings. The third-order valence-electron chi connectivity index (χ3n) is 5.09. The lowest BCUT2D eigenvalue weighted by Gasteiger charge is -2.53. The van der Waals surface area contributed by atoms with E-state index in [1.165, 1.54) is 10.4 Å². The third-order valence-corrected chi connectivity index (χ3v) is 6.10. The molecule has 2 aromatic rings. The summed E-state index contributed by atoms with van der Waals surface area (Å²) in [6, 6.07) is 4.56. The fourth-order valence-electron chi connectivity index (χ4n) is 3.59. The average Bonchev–Trinajstić information content (AvgIpc) is 3.05. The van der Waals surface area contributed by atoms with Gasteiger partial charge in [0.05, 0.1) is 12.2 Å². The van der Waals surface area contributed by atoms with Crippen molar-refractivity contribution in [1.82, 2.24) is 14.9 Å². The molecule has 1 atom stereocenters. The lowest BCUT2D eigenvalue weighted by Crippen LogP contribution is -2.65. The summed E-state index contributed by atoms with van der Waals surface area (Å²) >= 11 is 1.84. The molecule has 1 spiro atoms. The maximum atomic E-state index is 10.6. The van der Waals surface area contributed by atoms with Gasteiger partial charge in [-0.1, -0.05) is 0 Å². The number of alkyl halides is 3. The van der Waals surface area contributed by atoms with Gasteiger partial charge in [0, 0.05) is 49.2 Å². The number of ether oxygens (including phenoxy) is 2. The van der Waals surface area contributed by atoms with Gasteiger partial charge in [0.25, 0.3) is 0 Å². The van der Waals surface area contributed by atoms with Crippen molar-refractivity contribution in [2.24, 2.45) is 0 Å². The number of carboxylic acid groups (broad SMARTS) is 1. The van der Waals surface area contributed by atoms with E-state index in [2.05, 4.69) is 33.2 Å². The normalized spacial score (nSPS) is 20.5. The zero-order valence-corrected chi connectivity index (χ0v) is 18.0. The van der Waals surface area contributed by atoms with Crippen LogP contribution in [0.15, 0.2) is 23.7 Å². The summed E-state index contributed by atoms with van der Waals surface area (Å²) in [5, 5.41) is 9.29. The maximum absolute atomic E-state index is 10.6. The van der Waals surface area contributed by atoms with Gasteiger partial charge >= 0.3 is 18.2 Å². The highest BCUT2D eigenvalue weighted by molar-refractivity contribution is 7.10. The minimum atomic E-state index is -5.08. The number of hydrogen-bond acceptors (Lipinski definition) is 7. The molecule has 7 nitrogen and oxygen atoms in total. The number of rotatable bonds is 4. The molecule has 2 saturated heterocycles. The molecular formula is C20H24F3N3O4S. The maximum Gasteiger partial charge on any atom is 0.490 e. The first-order valence-electron chi connectivity index (χ1n) is 9.72. The minimum Gasteiger partial charge on any atom is -0.475 e. The molecule has 0 bridgehead atoms. The Hall–Kier alpha value is -2.24. The van der Waals surface area contributed by atoms with E-state index < -0.39 is 12.1 Å². The van der Waals surface area contributed by atoms with Crippen LogP contribution in [0.2, 0.25) is 0 Å². The van der Waals surface area contributed by atoms with Crippen LogP contribution in [0.5, 0.6) is 6.01 Å². The minimum absolute atomic E-state index is 0.0437. The summed E-state index contributed by atoms with van der Waals surface area (Å²) in [5.74, 6) is -2.76. The Morgan fingerprint density at radius 2 is 2.10 bits per heavy atom. The van der Waals surface area contributed by atoms with Crippen molar-refractivity contribution >= 4 is 17.3 Å². The molecule has 2 aliphatic heterocycles. The fourth-order valence-corrected chi connectivity index (χ4v) is 4.53. The molecule has 2 aliphatic rings. The Morgan fingerprint density at radius 3 is 2.68 bits per heavy atom. The molecule has 4 rings (SSSR count). The van der Waals surface area contributed by atoms with Gasteiger partial charge in [0.2, 0.25) is 0 Å². The quantitative estimate of drug-likeness (QED) is 0.748. The van der Waals surface area contributed by atoms with E-state index in [4.69, 9.17) is 19.4 Å². The van der Waals surface area contributed by atoms with Crippen molar-refractivity contribution in [3.05, 3.63) is 39.8 Å². The highest BCUT2D eigenvalue weighted by atomic mass is 32.1. The summed E-state index contributed by atoms with van der Waals surface area (Å²) in [6.45, 7) is 7.89. The van der Waals surface area contributed by atoms with Crippen molar-refractivity contribution in [1.29, 1.82) is 0 Å². The molecule has 0 radical (unpaired) electrons. The highest BCUT2D eigenvalue weighted by Gasteiger charge is 2.48. The summed E-state index contributed by atoms with van der Waals surface area (Å²) in [6.07, 6.45) is -1.36. The van der Waals surface area contributed by atoms with Crippen LogP contribution in [0.25, 0.3) is 0 Å². The number of nitrogens with zero attached hydrogens (tertiary/aromatic N) is 3. The van der Waals surface area contributed by atoms with E-state index in [1.807, 2.05) is 24.3 Å². The van der Waals surface area contributed by atoms with Crippen LogP contribution in [0.4, 0.5) is 13.2 Å². The fraction of sp³-hybridized carbons (Fsp3) is 0.550. The second-order valence-corrected chi connectivity index (χ2v) is 8.72. The van der Waals surface area contributed by atoms with Crippen molar-refractivity contribution in [3.63, 3.8) is 0 Å². The monoisotopic (exact) mass is 459 g/mol. The molecule has 0 aromatic carbocycles. The largest absolute Gasteiger partial charge is 0.490 e. The average molecular weight is 459 g/mol. The zero-order valence-electron chi connectivity index (χ0n) is 17.2. The molecule has 0 amide bonds. The van der Waals surface area contributed by atoms with E-state index in [-0.39, 0.29) is 11.7 Å². The summed E-state index contributed by atoms with van der Waals surface area (Å²) in [5.41, 5.74) is 2.28. The van der Waals surface area contributed by atoms with Gasteiger partial charge in [-0.2, -0.15) is 13.2 Å². The van der Waals surface area contributed by atoms with Crippen LogP contribution < -0.4 is 4.74 Å². The third kappa shape index (κ3) is 6.37. The zero-order chi connectivity index (χ0) is 22.6. The molecule has 4 heterocycles. The standard InChI is InChI=1S/C18H23N3O2S.C2HF3O2/c1-13-5-8-24-16(13)10-21-11-18(12-21)9-15(4-7-22-18)23-17-19-6-3-14(2)20-17;3-2(4,5)1(6)7/h3,5-6,8,15H,4,7,9-12H2,1-2H3;(H,6,7). The number of hydrogen-bond donors (Lipinski definition) is 1. The van der Waals surface area contributed by atoms with Gasteiger partial charge in [0.1, 0.15) is 6.10 Å². The first kappa shape index (κ1) is 23.4. The Bertz CT molecular complexity index is 900. The number of carboxylic acids is 1. The second-order valence-electron chi connectivity index (χ2n) is 7.72. The molecule has 1 unspecified atom stereocenters. The Kier molecular flexibility index (Phi) is 7.17. The van der Waals surface area contributed by atoms with Gasteiger partial charge < -0.3 is 14.6 Å². The SMILES string of the molecule is Cc1ccnc(OC2CCOC3(C2)CN(Cc2sccc2C)C3)n1.O=C(O)C(F)(F)F. The molecule has 11 heteroatoms. The number of aryl methyl sites for hydroxylation is 2. The van der Waals surface area contributed by atoms with Crippen LogP contribution in [-0.2, 0) is 16.1 Å². The first-order chi connectivity index (χ1) is 14.6. The Balaban J connectivity index is 0.000000339. The lowest BCUT2D eigenvalue weighted by molar-refractivity contribution is -0.192. The summed E-state index contributed by atoms with van der Waals surface area (Å²) < 4.78 is 43.9. The molecule has 0 saturated carbocycles. The van der Waals surface area contributed by atoms with Crippen LogP contribution in [0, 0.1) is 13.8 Å². The van der Waals surface area contributed by atoms with Gasteiger partial charge in [-0.15, -0.1) is 11.3 Å². The summed E-state index contributed by atoms with van der Waals surface area (Å²) in [7, 11) is 0. The van der Waals surface area contributed by atoms with Gasteiger partial charge in [0.15, 0.2) is 0 Å². The van der Waals surface area contributed by atoms with Crippen molar-refractivity contribution < 1.29 is 32.5 Å². The second kappa shape index (κ2) is 9.49. The van der Waals surface area contributed by atoms with Gasteiger partial charge in [-0.3, -0.25) is 4.90 Å². The van der Waals surface area contributed by atoms with E-state index in [9.17, 15) is 13.2 Å². The number of likely N-dealkylation sites (tertiary alicyclic amines) is 1. The Labute approximate surface area is 181 Å². The number of carbonyl (C=O) groups is 1. The van der Waals surface area contributed by atoms with Crippen molar-refractivity contribution in [2.75, 3.05) is 19.7 Å². The molecule has 31 heavy (non-hydrogen) atoms. The molecule has 1 N–H and O–H groups in total. The van der Waals surface area contributed by atoms with E-state index in [1.54, 1.807) is 6.20 Å². The van der Waals surface area contributed by atoms with Crippen molar-refractivity contribution in [3.8, 4) is 6.01 Å². The predicted octanol–water partition coefficient (Wildman–Crippen LogP) is 3.60. The molecular weight excluding hydrogens is 435 g/mol. The first-order valence-corrected chi connectivity index (χ1v) is 10.6. The van der Waals surface area contributed by atoms with Crippen LogP contribution in [0.3, 0.4) is 0 Å². The van der Waals surface area contributed by atoms with Gasteiger partial charge in [-0.25, -0.2) is 14.8 Å². The number of thiophene rings is 1. The van der Waals surface area contributed by atoms with Gasteiger partial charge in [-0.05, 0) is 36.9 Å². The number of aliphatic carboxylic acids is 1. The predicted molar refractivity (Wildman–Crippen MR) is 107 cm³/mol. The van der Waals surface area contributed by atoms with Crippen LogP contribution >= 0.6 is 11.3 Å². The van der Waals surface area contributed by atoms with E-state index >= 15 is 0 Å².